The number of alkyl halides is 3. The molecule has 0 saturated heterocycles. The molecule has 2 heterocycles. The van der Waals surface area contributed by atoms with Gasteiger partial charge in [-0.05, 0) is 66.4 Å². The van der Waals surface area contributed by atoms with Crippen LogP contribution in [-0.4, -0.2) is 37.2 Å². The Hall–Kier alpha value is -4.48. The van der Waals surface area contributed by atoms with Crippen molar-refractivity contribution in [2.75, 3.05) is 11.4 Å². The molecular weight excluding hydrogens is 591 g/mol. The van der Waals surface area contributed by atoms with Crippen molar-refractivity contribution in [1.82, 2.24) is 14.7 Å². The van der Waals surface area contributed by atoms with Crippen LogP contribution in [0, 0.1) is 18.3 Å². The van der Waals surface area contributed by atoms with E-state index in [1.807, 2.05) is 17.0 Å². The molecule has 0 aliphatic heterocycles. The highest BCUT2D eigenvalue weighted by Gasteiger charge is 2.31. The van der Waals surface area contributed by atoms with Crippen molar-refractivity contribution >= 4 is 32.4 Å². The van der Waals surface area contributed by atoms with Gasteiger partial charge in [-0.2, -0.15) is 5.26 Å². The number of aromatic nitrogens is 2. The van der Waals surface area contributed by atoms with Gasteiger partial charge in [-0.1, -0.05) is 24.3 Å². The minimum Gasteiger partial charge on any atom is -0.406 e. The molecule has 0 saturated carbocycles. The summed E-state index contributed by atoms with van der Waals surface area (Å²) in [7, 11) is -4.02. The molecule has 0 fully saturated rings. The van der Waals surface area contributed by atoms with E-state index in [0.29, 0.717) is 39.7 Å². The molecule has 9 nitrogen and oxygen atoms in total. The van der Waals surface area contributed by atoms with Crippen molar-refractivity contribution in [2.24, 2.45) is 0 Å². The van der Waals surface area contributed by atoms with Crippen LogP contribution >= 0.6 is 11.3 Å². The number of sulfonamides is 1. The fourth-order valence-electron chi connectivity index (χ4n) is 3.92. The Kier molecular flexibility index (Phi) is 9.44. The molecule has 2 aromatic carbocycles. The van der Waals surface area contributed by atoms with E-state index < -0.39 is 28.0 Å². The second-order valence-electron chi connectivity index (χ2n) is 9.12. The second-order valence-corrected chi connectivity index (χ2v) is 12.0. The lowest BCUT2D eigenvalue weighted by molar-refractivity contribution is -0.274. The number of rotatable bonds is 11. The van der Waals surface area contributed by atoms with Crippen molar-refractivity contribution in [2.45, 2.75) is 32.0 Å². The van der Waals surface area contributed by atoms with Crippen LogP contribution in [0.5, 0.6) is 5.75 Å². The molecule has 0 radical (unpaired) electrons. The zero-order chi connectivity index (χ0) is 30.3. The zero-order valence-corrected chi connectivity index (χ0v) is 23.8. The third-order valence-electron chi connectivity index (χ3n) is 5.91. The summed E-state index contributed by atoms with van der Waals surface area (Å²) in [6.45, 7) is 2.28. The number of thiazole rings is 1. The summed E-state index contributed by atoms with van der Waals surface area (Å²) in [5, 5.41) is 9.47. The summed E-state index contributed by atoms with van der Waals surface area (Å²) in [5.74, 6) is -1.64. The molecule has 14 heteroatoms. The van der Waals surface area contributed by atoms with Gasteiger partial charge in [0.2, 0.25) is 10.0 Å². The van der Waals surface area contributed by atoms with E-state index in [9.17, 15) is 26.4 Å². The van der Waals surface area contributed by atoms with E-state index in [-0.39, 0.29) is 18.0 Å². The number of pyridine rings is 1. The van der Waals surface area contributed by atoms with E-state index in [1.54, 1.807) is 19.1 Å². The molecule has 0 spiro atoms. The minimum atomic E-state index is -4.81. The number of carbonyl (C=O) groups is 1. The number of nitriles is 1. The van der Waals surface area contributed by atoms with Crippen LogP contribution in [0.1, 0.15) is 37.6 Å². The first-order valence-corrected chi connectivity index (χ1v) is 14.9. The lowest BCUT2D eigenvalue weighted by Crippen LogP contribution is -2.32. The third-order valence-corrected chi connectivity index (χ3v) is 8.15. The number of aryl methyl sites for hydroxylation is 1. The molecule has 4 aromatic rings. The van der Waals surface area contributed by atoms with Crippen molar-refractivity contribution in [1.29, 1.82) is 5.26 Å². The number of halogens is 3. The van der Waals surface area contributed by atoms with Gasteiger partial charge < -0.3 is 9.64 Å². The summed E-state index contributed by atoms with van der Waals surface area (Å²) in [6, 6.07) is 17.6. The Morgan fingerprint density at radius 1 is 1.02 bits per heavy atom. The summed E-state index contributed by atoms with van der Waals surface area (Å²) >= 11 is 1.19. The van der Waals surface area contributed by atoms with Crippen molar-refractivity contribution in [3.8, 4) is 11.8 Å². The fraction of sp³-hybridized carbons (Fsp3) is 0.214. The predicted molar refractivity (Wildman–Crippen MR) is 150 cm³/mol. The maximum atomic E-state index is 12.9. The number of amides is 1. The topological polar surface area (TPSA) is 125 Å². The third kappa shape index (κ3) is 8.76. The van der Waals surface area contributed by atoms with Gasteiger partial charge in [0, 0.05) is 30.4 Å². The molecule has 0 unspecified atom stereocenters. The molecule has 4 rings (SSSR count). The first kappa shape index (κ1) is 30.5. The molecule has 0 aliphatic rings. The van der Waals surface area contributed by atoms with Gasteiger partial charge in [-0.3, -0.25) is 9.78 Å². The van der Waals surface area contributed by atoms with Crippen LogP contribution in [-0.2, 0) is 28.7 Å². The number of hydrogen-bond donors (Lipinski definition) is 1. The molecule has 42 heavy (non-hydrogen) atoms. The Morgan fingerprint density at radius 3 is 2.29 bits per heavy atom. The predicted octanol–water partition coefficient (Wildman–Crippen LogP) is 5.13. The highest BCUT2D eigenvalue weighted by Crippen LogP contribution is 2.29. The van der Waals surface area contributed by atoms with E-state index in [0.717, 1.165) is 5.56 Å². The average molecular weight is 616 g/mol. The van der Waals surface area contributed by atoms with E-state index in [1.165, 1.54) is 60.1 Å². The van der Waals surface area contributed by atoms with Crippen molar-refractivity contribution in [3.05, 3.63) is 106 Å². The normalized spacial score (nSPS) is 11.5. The monoisotopic (exact) mass is 615 g/mol. The largest absolute Gasteiger partial charge is 0.573 e. The number of nitrogens with zero attached hydrogens (tertiary/aromatic N) is 4. The molecule has 218 valence electrons. The van der Waals surface area contributed by atoms with Gasteiger partial charge in [-0.15, -0.1) is 24.5 Å². The van der Waals surface area contributed by atoms with Crippen LogP contribution < -0.4 is 14.4 Å². The Morgan fingerprint density at radius 2 is 1.67 bits per heavy atom. The van der Waals surface area contributed by atoms with Crippen LogP contribution in [0.2, 0.25) is 0 Å². The number of hydrogen-bond acceptors (Lipinski definition) is 9. The number of ether oxygens (including phenoxy) is 1. The van der Waals surface area contributed by atoms with Gasteiger partial charge in [0.05, 0.1) is 17.4 Å². The van der Waals surface area contributed by atoms with Crippen LogP contribution in [0.4, 0.5) is 18.3 Å². The summed E-state index contributed by atoms with van der Waals surface area (Å²) in [4.78, 5) is 23.6. The maximum absolute atomic E-state index is 12.9. The molecular formula is C28H24F3N5O4S2. The Balaban J connectivity index is 1.54. The number of nitrogens with one attached hydrogen (secondary N) is 1. The molecule has 0 aliphatic carbocycles. The number of anilines is 1. The first-order chi connectivity index (χ1) is 19.9. The first-order valence-electron chi connectivity index (χ1n) is 12.4. The van der Waals surface area contributed by atoms with Gasteiger partial charge in [0.25, 0.3) is 5.91 Å². The van der Waals surface area contributed by atoms with Crippen LogP contribution in [0.3, 0.4) is 0 Å². The van der Waals surface area contributed by atoms with Crippen LogP contribution in [0.25, 0.3) is 0 Å². The Labute approximate surface area is 244 Å². The zero-order valence-electron chi connectivity index (χ0n) is 22.1. The van der Waals surface area contributed by atoms with Gasteiger partial charge in [0.15, 0.2) is 5.13 Å². The summed E-state index contributed by atoms with van der Waals surface area (Å²) in [5.41, 5.74) is 2.51. The molecule has 2 aromatic heterocycles. The van der Waals surface area contributed by atoms with Crippen molar-refractivity contribution < 1.29 is 31.1 Å². The molecule has 0 bridgehead atoms. The number of benzene rings is 2. The summed E-state index contributed by atoms with van der Waals surface area (Å²) < 4.78 is 68.9. The summed E-state index contributed by atoms with van der Waals surface area (Å²) in [6.07, 6.45) is -1.38. The van der Waals surface area contributed by atoms with E-state index >= 15 is 0 Å². The highest BCUT2D eigenvalue weighted by atomic mass is 32.2. The lowest BCUT2D eigenvalue weighted by Gasteiger charge is -2.22. The standard InChI is InChI=1S/C28H24F3N5O4S2/c1-19-25(26(37)35-42(38,39)18-23-10-13-33-14-11-23)34-27(41-19)36(15-12-20-2-4-21(16-32)5-3-20)17-22-6-8-24(9-7-22)40-28(29,30)31/h2-11,13-14H,12,15,17-18H2,1H3,(H,35,37). The quantitative estimate of drug-likeness (QED) is 0.246. The lowest BCUT2D eigenvalue weighted by atomic mass is 10.1. The minimum absolute atomic E-state index is 0.0504. The molecule has 0 atom stereocenters. The van der Waals surface area contributed by atoms with Gasteiger partial charge in [-0.25, -0.2) is 18.1 Å². The average Bonchev–Trinajstić information content (AvgIpc) is 3.33. The SMILES string of the molecule is Cc1sc(N(CCc2ccc(C#N)cc2)Cc2ccc(OC(F)(F)F)cc2)nc1C(=O)NS(=O)(=O)Cc1ccncc1. The van der Waals surface area contributed by atoms with E-state index in [4.69, 9.17) is 5.26 Å². The Bertz CT molecular complexity index is 1670. The smallest absolute Gasteiger partial charge is 0.406 e. The van der Waals surface area contributed by atoms with Gasteiger partial charge >= 0.3 is 6.36 Å². The van der Waals surface area contributed by atoms with Crippen LogP contribution in [0.15, 0.2) is 73.1 Å². The van der Waals surface area contributed by atoms with E-state index in [2.05, 4.69) is 25.5 Å². The number of carbonyl (C=O) groups excluding carboxylic acids is 1. The molecule has 1 N–H and O–H groups in total. The van der Waals surface area contributed by atoms with Crippen molar-refractivity contribution in [3.63, 3.8) is 0 Å². The molecule has 1 amide bonds. The fourth-order valence-corrected chi connectivity index (χ4v) is 5.94. The van der Waals surface area contributed by atoms with Gasteiger partial charge in [0.1, 0.15) is 11.4 Å². The second kappa shape index (κ2) is 13.0. The maximum Gasteiger partial charge on any atom is 0.573 e. The highest BCUT2D eigenvalue weighted by molar-refractivity contribution is 7.89.